The topological polar surface area (TPSA) is 51.2 Å². The minimum atomic E-state index is -0.213. The zero-order chi connectivity index (χ0) is 18.0. The molecule has 0 saturated carbocycles. The third-order valence-corrected chi connectivity index (χ3v) is 3.96. The van der Waals surface area contributed by atoms with Crippen LogP contribution in [0.2, 0.25) is 5.02 Å². The number of amides is 1. The first-order valence-electron chi connectivity index (χ1n) is 7.98. The number of nitrogens with one attached hydrogen (secondary N) is 1. The molecule has 1 heterocycles. The van der Waals surface area contributed by atoms with Crippen molar-refractivity contribution in [2.45, 2.75) is 20.8 Å². The van der Waals surface area contributed by atoms with E-state index in [-0.39, 0.29) is 12.5 Å². The van der Waals surface area contributed by atoms with E-state index in [1.54, 1.807) is 12.1 Å². The van der Waals surface area contributed by atoms with E-state index in [9.17, 15) is 4.79 Å². The maximum absolute atomic E-state index is 12.2. The number of nitrogens with zero attached hydrogens (tertiary/aromatic N) is 1. The van der Waals surface area contributed by atoms with Crippen molar-refractivity contribution in [3.63, 3.8) is 0 Å². The van der Waals surface area contributed by atoms with E-state index in [4.69, 9.17) is 16.3 Å². The van der Waals surface area contributed by atoms with Crippen molar-refractivity contribution < 1.29 is 9.53 Å². The van der Waals surface area contributed by atoms with Gasteiger partial charge in [0.15, 0.2) is 6.61 Å². The first kappa shape index (κ1) is 17.2. The van der Waals surface area contributed by atoms with Crippen LogP contribution >= 0.6 is 11.6 Å². The van der Waals surface area contributed by atoms with Crippen LogP contribution in [0, 0.1) is 20.8 Å². The summed E-state index contributed by atoms with van der Waals surface area (Å²) in [6.45, 7) is 5.79. The maximum Gasteiger partial charge on any atom is 0.262 e. The number of aromatic nitrogens is 1. The Labute approximate surface area is 151 Å². The van der Waals surface area contributed by atoms with Gasteiger partial charge in [0.2, 0.25) is 0 Å². The van der Waals surface area contributed by atoms with E-state index in [0.717, 1.165) is 33.4 Å². The van der Waals surface area contributed by atoms with Crippen LogP contribution in [0.5, 0.6) is 5.75 Å². The monoisotopic (exact) mass is 354 g/mol. The number of anilines is 1. The van der Waals surface area contributed by atoms with Crippen molar-refractivity contribution in [3.05, 3.63) is 64.3 Å². The fraction of sp³-hybridized carbons (Fsp3) is 0.200. The normalized spacial score (nSPS) is 10.7. The summed E-state index contributed by atoms with van der Waals surface area (Å²) in [7, 11) is 0. The van der Waals surface area contributed by atoms with Crippen molar-refractivity contribution in [3.8, 4) is 5.75 Å². The Morgan fingerprint density at radius 1 is 1.08 bits per heavy atom. The molecule has 25 heavy (non-hydrogen) atoms. The Morgan fingerprint density at radius 2 is 1.80 bits per heavy atom. The zero-order valence-electron chi connectivity index (χ0n) is 14.4. The Morgan fingerprint density at radius 3 is 2.52 bits per heavy atom. The molecule has 0 atom stereocenters. The predicted molar refractivity (Wildman–Crippen MR) is 102 cm³/mol. The van der Waals surface area contributed by atoms with Gasteiger partial charge in [-0.2, -0.15) is 0 Å². The molecule has 0 aliphatic carbocycles. The van der Waals surface area contributed by atoms with Crippen LogP contribution in [0.15, 0.2) is 42.5 Å². The van der Waals surface area contributed by atoms with Crippen LogP contribution in [-0.4, -0.2) is 17.5 Å². The van der Waals surface area contributed by atoms with Gasteiger partial charge >= 0.3 is 0 Å². The maximum atomic E-state index is 12.2. The summed E-state index contributed by atoms with van der Waals surface area (Å²) in [6, 6.07) is 13.1. The van der Waals surface area contributed by atoms with Crippen molar-refractivity contribution >= 4 is 34.1 Å². The van der Waals surface area contributed by atoms with E-state index in [2.05, 4.69) is 16.4 Å². The Hall–Kier alpha value is -2.59. The van der Waals surface area contributed by atoms with Crippen LogP contribution in [0.3, 0.4) is 0 Å². The molecule has 0 aliphatic heterocycles. The van der Waals surface area contributed by atoms with Gasteiger partial charge in [0.05, 0.1) is 5.52 Å². The quantitative estimate of drug-likeness (QED) is 0.730. The molecule has 3 aromatic rings. The summed E-state index contributed by atoms with van der Waals surface area (Å²) in [6.07, 6.45) is 0. The minimum Gasteiger partial charge on any atom is -0.483 e. The van der Waals surface area contributed by atoms with Crippen LogP contribution in [0.25, 0.3) is 10.9 Å². The second-order valence-electron chi connectivity index (χ2n) is 6.14. The smallest absolute Gasteiger partial charge is 0.262 e. The summed E-state index contributed by atoms with van der Waals surface area (Å²) >= 11 is 6.07. The number of halogens is 1. The van der Waals surface area contributed by atoms with Crippen molar-refractivity contribution in [1.82, 2.24) is 4.98 Å². The molecule has 0 fully saturated rings. The van der Waals surface area contributed by atoms with Crippen LogP contribution in [-0.2, 0) is 4.79 Å². The number of carbonyl (C=O) groups is 1. The van der Waals surface area contributed by atoms with E-state index < -0.39 is 0 Å². The van der Waals surface area contributed by atoms with Crippen LogP contribution < -0.4 is 10.1 Å². The van der Waals surface area contributed by atoms with Crippen molar-refractivity contribution in [2.24, 2.45) is 0 Å². The number of rotatable bonds is 4. The summed E-state index contributed by atoms with van der Waals surface area (Å²) in [5.41, 5.74) is 4.57. The van der Waals surface area contributed by atoms with E-state index in [1.807, 2.05) is 45.0 Å². The number of aryl methyl sites for hydroxylation is 3. The highest BCUT2D eigenvalue weighted by atomic mass is 35.5. The molecule has 2 aromatic carbocycles. The molecule has 0 bridgehead atoms. The number of hydrogen-bond acceptors (Lipinski definition) is 3. The molecule has 0 radical (unpaired) electrons. The average molecular weight is 355 g/mol. The number of fused-ring (bicyclic) bond motifs is 1. The largest absolute Gasteiger partial charge is 0.483 e. The molecule has 0 unspecified atom stereocenters. The van der Waals surface area contributed by atoms with Gasteiger partial charge in [-0.1, -0.05) is 17.7 Å². The number of carbonyl (C=O) groups excluding carboxylic acids is 1. The standard InChI is InChI=1S/C20H19ClN2O2/c1-12-6-13(2)8-16(7-12)23-20(24)11-25-19-9-14(3)22-18-5-4-15(21)10-17(18)19/h4-10H,11H2,1-3H3,(H,23,24). The van der Waals surface area contributed by atoms with Crippen LogP contribution in [0.1, 0.15) is 16.8 Å². The fourth-order valence-electron chi connectivity index (χ4n) is 2.80. The lowest BCUT2D eigenvalue weighted by Gasteiger charge is -2.11. The van der Waals surface area contributed by atoms with E-state index in [0.29, 0.717) is 10.8 Å². The summed E-state index contributed by atoms with van der Waals surface area (Å²) < 4.78 is 5.74. The second kappa shape index (κ2) is 7.11. The molecule has 0 aliphatic rings. The lowest BCUT2D eigenvalue weighted by atomic mass is 10.1. The number of hydrogen-bond donors (Lipinski definition) is 1. The molecule has 0 saturated heterocycles. The van der Waals surface area contributed by atoms with E-state index >= 15 is 0 Å². The van der Waals surface area contributed by atoms with Gasteiger partial charge in [-0.05, 0) is 62.2 Å². The third kappa shape index (κ3) is 4.28. The average Bonchev–Trinajstić information content (AvgIpc) is 2.52. The molecule has 128 valence electrons. The van der Waals surface area contributed by atoms with Gasteiger partial charge in [0.1, 0.15) is 5.75 Å². The first-order valence-corrected chi connectivity index (χ1v) is 8.36. The van der Waals surface area contributed by atoms with Gasteiger partial charge in [-0.25, -0.2) is 0 Å². The molecular weight excluding hydrogens is 336 g/mol. The van der Waals surface area contributed by atoms with Gasteiger partial charge < -0.3 is 10.1 Å². The lowest BCUT2D eigenvalue weighted by Crippen LogP contribution is -2.20. The van der Waals surface area contributed by atoms with Gasteiger partial charge in [0, 0.05) is 27.9 Å². The Kier molecular flexibility index (Phi) is 4.91. The van der Waals surface area contributed by atoms with Gasteiger partial charge in [-0.15, -0.1) is 0 Å². The number of ether oxygens (including phenoxy) is 1. The molecule has 1 aromatic heterocycles. The Balaban J connectivity index is 1.76. The Bertz CT molecular complexity index is 934. The SMILES string of the molecule is Cc1cc(C)cc(NC(=O)COc2cc(C)nc3ccc(Cl)cc23)c1. The molecule has 3 rings (SSSR count). The van der Waals surface area contributed by atoms with Gasteiger partial charge in [0.25, 0.3) is 5.91 Å². The first-order chi connectivity index (χ1) is 11.9. The molecule has 0 spiro atoms. The summed E-state index contributed by atoms with van der Waals surface area (Å²) in [5, 5.41) is 4.25. The molecule has 4 nitrogen and oxygen atoms in total. The highest BCUT2D eigenvalue weighted by Gasteiger charge is 2.09. The van der Waals surface area contributed by atoms with Crippen molar-refractivity contribution in [1.29, 1.82) is 0 Å². The number of pyridine rings is 1. The summed E-state index contributed by atoms with van der Waals surface area (Å²) in [5.74, 6) is 0.384. The fourth-order valence-corrected chi connectivity index (χ4v) is 2.97. The second-order valence-corrected chi connectivity index (χ2v) is 6.57. The molecular formula is C20H19ClN2O2. The highest BCUT2D eigenvalue weighted by molar-refractivity contribution is 6.31. The van der Waals surface area contributed by atoms with Gasteiger partial charge in [-0.3, -0.25) is 9.78 Å². The summed E-state index contributed by atoms with van der Waals surface area (Å²) in [4.78, 5) is 16.7. The minimum absolute atomic E-state index is 0.0853. The third-order valence-electron chi connectivity index (χ3n) is 3.73. The molecule has 1 amide bonds. The molecule has 1 N–H and O–H groups in total. The highest BCUT2D eigenvalue weighted by Crippen LogP contribution is 2.28. The molecule has 5 heteroatoms. The zero-order valence-corrected chi connectivity index (χ0v) is 15.1. The van der Waals surface area contributed by atoms with Crippen molar-refractivity contribution in [2.75, 3.05) is 11.9 Å². The predicted octanol–water partition coefficient (Wildman–Crippen LogP) is 4.83. The van der Waals surface area contributed by atoms with Crippen LogP contribution in [0.4, 0.5) is 5.69 Å². The number of benzene rings is 2. The lowest BCUT2D eigenvalue weighted by molar-refractivity contribution is -0.118. The van der Waals surface area contributed by atoms with E-state index in [1.165, 1.54) is 0 Å².